The van der Waals surface area contributed by atoms with Crippen LogP contribution in [0, 0.1) is 0 Å². The van der Waals surface area contributed by atoms with Gasteiger partial charge in [-0.3, -0.25) is 4.98 Å². The monoisotopic (exact) mass is 234 g/mol. The number of ether oxygens (including phenoxy) is 1. The Labute approximate surface area is 103 Å². The van der Waals surface area contributed by atoms with Gasteiger partial charge in [0.05, 0.1) is 0 Å². The van der Waals surface area contributed by atoms with Gasteiger partial charge in [-0.05, 0) is 44.2 Å². The number of nitrogens with zero attached hydrogens (tertiary/aromatic N) is 1. The van der Waals surface area contributed by atoms with E-state index in [1.807, 2.05) is 12.3 Å². The summed E-state index contributed by atoms with van der Waals surface area (Å²) in [5, 5.41) is 0. The number of nitrogens with two attached hydrogens (primary N) is 1. The fourth-order valence-electron chi connectivity index (χ4n) is 2.75. The standard InChI is InChI=1S/C14H22N2O/c1-14(15,8-10-17-2)12-7-3-5-11-6-4-9-16-13(11)12/h4,6,9,12H,3,5,7-8,10,15H2,1-2H3. The molecule has 94 valence electrons. The molecule has 2 atom stereocenters. The second kappa shape index (κ2) is 5.15. The van der Waals surface area contributed by atoms with Crippen LogP contribution < -0.4 is 5.73 Å². The van der Waals surface area contributed by atoms with Gasteiger partial charge in [-0.25, -0.2) is 0 Å². The predicted octanol–water partition coefficient (Wildman–Crippen LogP) is 2.26. The van der Waals surface area contributed by atoms with Gasteiger partial charge in [0, 0.05) is 37.1 Å². The second-order valence-electron chi connectivity index (χ2n) is 5.24. The molecule has 2 unspecified atom stereocenters. The molecule has 1 heterocycles. The van der Waals surface area contributed by atoms with Crippen LogP contribution in [-0.2, 0) is 11.2 Å². The van der Waals surface area contributed by atoms with Gasteiger partial charge >= 0.3 is 0 Å². The molecular formula is C14H22N2O. The molecule has 3 nitrogen and oxygen atoms in total. The molecule has 2 rings (SSSR count). The van der Waals surface area contributed by atoms with Gasteiger partial charge in [-0.1, -0.05) is 6.07 Å². The number of pyridine rings is 1. The zero-order valence-corrected chi connectivity index (χ0v) is 10.8. The van der Waals surface area contributed by atoms with Crippen LogP contribution in [0.15, 0.2) is 18.3 Å². The molecule has 0 fully saturated rings. The van der Waals surface area contributed by atoms with Crippen molar-refractivity contribution in [2.45, 2.75) is 44.1 Å². The van der Waals surface area contributed by atoms with Crippen LogP contribution in [0.2, 0.25) is 0 Å². The molecule has 2 N–H and O–H groups in total. The summed E-state index contributed by atoms with van der Waals surface area (Å²) >= 11 is 0. The summed E-state index contributed by atoms with van der Waals surface area (Å²) < 4.78 is 5.16. The minimum absolute atomic E-state index is 0.223. The van der Waals surface area contributed by atoms with Crippen molar-refractivity contribution in [1.29, 1.82) is 0 Å². The maximum atomic E-state index is 6.47. The van der Waals surface area contributed by atoms with Gasteiger partial charge in [0.25, 0.3) is 0 Å². The van der Waals surface area contributed by atoms with E-state index in [2.05, 4.69) is 18.0 Å². The Morgan fingerprint density at radius 2 is 2.41 bits per heavy atom. The average molecular weight is 234 g/mol. The number of aromatic nitrogens is 1. The number of hydrogen-bond acceptors (Lipinski definition) is 3. The van der Waals surface area contributed by atoms with Crippen molar-refractivity contribution in [3.05, 3.63) is 29.6 Å². The topological polar surface area (TPSA) is 48.1 Å². The molecule has 0 bridgehead atoms. The van der Waals surface area contributed by atoms with Crippen LogP contribution in [0.5, 0.6) is 0 Å². The van der Waals surface area contributed by atoms with Crippen LogP contribution in [0.25, 0.3) is 0 Å². The van der Waals surface area contributed by atoms with E-state index in [4.69, 9.17) is 10.5 Å². The lowest BCUT2D eigenvalue weighted by atomic mass is 9.74. The Balaban J connectivity index is 2.22. The van der Waals surface area contributed by atoms with Crippen LogP contribution in [0.4, 0.5) is 0 Å². The first-order chi connectivity index (χ1) is 8.15. The number of methoxy groups -OCH3 is 1. The van der Waals surface area contributed by atoms with Crippen molar-refractivity contribution in [2.24, 2.45) is 5.73 Å². The fourth-order valence-corrected chi connectivity index (χ4v) is 2.75. The summed E-state index contributed by atoms with van der Waals surface area (Å²) in [6, 6.07) is 4.20. The zero-order chi connectivity index (χ0) is 12.3. The molecule has 0 aliphatic heterocycles. The van der Waals surface area contributed by atoms with Crippen LogP contribution >= 0.6 is 0 Å². The summed E-state index contributed by atoms with van der Waals surface area (Å²) in [5.74, 6) is 0.364. The molecule has 0 aromatic carbocycles. The van der Waals surface area contributed by atoms with E-state index in [1.54, 1.807) is 7.11 Å². The Morgan fingerprint density at radius 3 is 3.18 bits per heavy atom. The normalized spacial score (nSPS) is 22.9. The van der Waals surface area contributed by atoms with Crippen molar-refractivity contribution in [3.8, 4) is 0 Å². The average Bonchev–Trinajstić information content (AvgIpc) is 2.36. The Morgan fingerprint density at radius 1 is 1.59 bits per heavy atom. The highest BCUT2D eigenvalue weighted by Gasteiger charge is 2.35. The van der Waals surface area contributed by atoms with E-state index < -0.39 is 0 Å². The molecule has 1 aliphatic carbocycles. The van der Waals surface area contributed by atoms with Crippen molar-refractivity contribution >= 4 is 0 Å². The zero-order valence-electron chi connectivity index (χ0n) is 10.8. The Bertz CT molecular complexity index is 376. The van der Waals surface area contributed by atoms with E-state index in [0.717, 1.165) is 19.3 Å². The quantitative estimate of drug-likeness (QED) is 0.869. The van der Waals surface area contributed by atoms with Gasteiger partial charge in [-0.2, -0.15) is 0 Å². The maximum absolute atomic E-state index is 6.47. The Kier molecular flexibility index (Phi) is 3.79. The largest absolute Gasteiger partial charge is 0.385 e. The van der Waals surface area contributed by atoms with Gasteiger partial charge in [0.15, 0.2) is 0 Å². The highest BCUT2D eigenvalue weighted by atomic mass is 16.5. The maximum Gasteiger partial charge on any atom is 0.0484 e. The molecule has 0 saturated heterocycles. The summed E-state index contributed by atoms with van der Waals surface area (Å²) in [7, 11) is 1.73. The number of fused-ring (bicyclic) bond motifs is 1. The van der Waals surface area contributed by atoms with Crippen molar-refractivity contribution in [1.82, 2.24) is 4.98 Å². The molecule has 1 aromatic rings. The molecule has 1 aliphatic rings. The third kappa shape index (κ3) is 2.67. The molecule has 0 radical (unpaired) electrons. The van der Waals surface area contributed by atoms with Crippen LogP contribution in [0.3, 0.4) is 0 Å². The summed E-state index contributed by atoms with van der Waals surface area (Å²) in [6.45, 7) is 2.84. The minimum Gasteiger partial charge on any atom is -0.385 e. The number of aryl methyl sites for hydroxylation is 1. The first kappa shape index (κ1) is 12.5. The highest BCUT2D eigenvalue weighted by molar-refractivity contribution is 5.28. The third-order valence-corrected chi connectivity index (χ3v) is 3.84. The first-order valence-corrected chi connectivity index (χ1v) is 6.37. The summed E-state index contributed by atoms with van der Waals surface area (Å²) in [6.07, 6.45) is 6.25. The van der Waals surface area contributed by atoms with E-state index in [9.17, 15) is 0 Å². The number of rotatable bonds is 4. The number of hydrogen-bond donors (Lipinski definition) is 1. The molecule has 0 spiro atoms. The smallest absolute Gasteiger partial charge is 0.0484 e. The lowest BCUT2D eigenvalue weighted by molar-refractivity contribution is 0.159. The molecular weight excluding hydrogens is 212 g/mol. The first-order valence-electron chi connectivity index (χ1n) is 6.37. The van der Waals surface area contributed by atoms with E-state index in [0.29, 0.717) is 12.5 Å². The molecule has 1 aromatic heterocycles. The summed E-state index contributed by atoms with van der Waals surface area (Å²) in [5.41, 5.74) is 8.83. The van der Waals surface area contributed by atoms with Gasteiger partial charge in [-0.15, -0.1) is 0 Å². The van der Waals surface area contributed by atoms with Gasteiger partial charge in [0.2, 0.25) is 0 Å². The SMILES string of the molecule is COCCC(C)(N)C1CCCc2cccnc21. The van der Waals surface area contributed by atoms with E-state index in [-0.39, 0.29) is 5.54 Å². The van der Waals surface area contributed by atoms with E-state index >= 15 is 0 Å². The molecule has 0 amide bonds. The van der Waals surface area contributed by atoms with Gasteiger partial charge in [0.1, 0.15) is 0 Å². The van der Waals surface area contributed by atoms with Crippen molar-refractivity contribution in [3.63, 3.8) is 0 Å². The lowest BCUT2D eigenvalue weighted by Gasteiger charge is -2.37. The Hall–Kier alpha value is -0.930. The minimum atomic E-state index is -0.223. The van der Waals surface area contributed by atoms with Crippen LogP contribution in [0.1, 0.15) is 43.4 Å². The molecule has 0 saturated carbocycles. The molecule has 3 heteroatoms. The van der Waals surface area contributed by atoms with Crippen molar-refractivity contribution in [2.75, 3.05) is 13.7 Å². The fraction of sp³-hybridized carbons (Fsp3) is 0.643. The van der Waals surface area contributed by atoms with Gasteiger partial charge < -0.3 is 10.5 Å². The predicted molar refractivity (Wildman–Crippen MR) is 69.0 cm³/mol. The highest BCUT2D eigenvalue weighted by Crippen LogP contribution is 2.37. The van der Waals surface area contributed by atoms with Crippen LogP contribution in [-0.4, -0.2) is 24.2 Å². The third-order valence-electron chi connectivity index (χ3n) is 3.84. The van der Waals surface area contributed by atoms with E-state index in [1.165, 1.54) is 17.7 Å². The lowest BCUT2D eigenvalue weighted by Crippen LogP contribution is -2.45. The van der Waals surface area contributed by atoms with Crippen molar-refractivity contribution < 1.29 is 4.74 Å². The molecule has 17 heavy (non-hydrogen) atoms. The second-order valence-corrected chi connectivity index (χ2v) is 5.24. The summed E-state index contributed by atoms with van der Waals surface area (Å²) in [4.78, 5) is 4.55.